The zero-order valence-electron chi connectivity index (χ0n) is 19.0. The van der Waals surface area contributed by atoms with Crippen molar-refractivity contribution in [2.75, 3.05) is 23.3 Å². The number of aromatic carboxylic acids is 1. The number of nitrogens with one attached hydrogen (secondary N) is 1. The fourth-order valence-corrected chi connectivity index (χ4v) is 4.46. The van der Waals surface area contributed by atoms with Gasteiger partial charge in [0.1, 0.15) is 6.07 Å². The number of nitriles is 1. The van der Waals surface area contributed by atoms with E-state index in [2.05, 4.69) is 16.4 Å². The third-order valence-corrected chi connectivity index (χ3v) is 6.00. The molecule has 2 atom stereocenters. The standard InChI is InChI=1S/C25H27N5O3/c1-15-11-18(16(2)27-19-8-5-4-7-17(19)24(31)32)22-20(12-15)28-21(13-26)23(29-22)30-10-6-9-25(3,33)14-30/h4-5,7-8,11-12,16,27,33H,6,9-10,14H2,1-3H3,(H,31,32)/t16-,25?/m1/s1. The summed E-state index contributed by atoms with van der Waals surface area (Å²) in [5.74, 6) is -0.537. The van der Waals surface area contributed by atoms with E-state index in [4.69, 9.17) is 4.98 Å². The van der Waals surface area contributed by atoms with Gasteiger partial charge >= 0.3 is 5.97 Å². The number of para-hydroxylation sites is 1. The van der Waals surface area contributed by atoms with Crippen molar-refractivity contribution in [3.8, 4) is 6.07 Å². The van der Waals surface area contributed by atoms with Crippen molar-refractivity contribution in [3.63, 3.8) is 0 Å². The van der Waals surface area contributed by atoms with E-state index in [1.807, 2.05) is 30.9 Å². The fraction of sp³-hybridized carbons (Fsp3) is 0.360. The van der Waals surface area contributed by atoms with E-state index < -0.39 is 11.6 Å². The Hall–Kier alpha value is -3.70. The second-order valence-electron chi connectivity index (χ2n) is 8.97. The maximum Gasteiger partial charge on any atom is 0.337 e. The summed E-state index contributed by atoms with van der Waals surface area (Å²) >= 11 is 0. The molecule has 1 fully saturated rings. The van der Waals surface area contributed by atoms with Crippen molar-refractivity contribution in [2.45, 2.75) is 45.3 Å². The molecule has 3 N–H and O–H groups in total. The Kier molecular flexibility index (Phi) is 5.91. The largest absolute Gasteiger partial charge is 0.478 e. The number of benzene rings is 2. The Labute approximate surface area is 192 Å². The normalized spacial score (nSPS) is 19.2. The van der Waals surface area contributed by atoms with E-state index in [9.17, 15) is 20.3 Å². The minimum atomic E-state index is -1.00. The number of aromatic nitrogens is 2. The van der Waals surface area contributed by atoms with Crippen LogP contribution in [0.2, 0.25) is 0 Å². The summed E-state index contributed by atoms with van der Waals surface area (Å²) in [6, 6.07) is 12.6. The first-order valence-electron chi connectivity index (χ1n) is 11.0. The molecule has 8 heteroatoms. The van der Waals surface area contributed by atoms with Gasteiger partial charge in [-0.15, -0.1) is 0 Å². The zero-order chi connectivity index (χ0) is 23.8. The van der Waals surface area contributed by atoms with Crippen LogP contribution < -0.4 is 10.2 Å². The van der Waals surface area contributed by atoms with Gasteiger partial charge in [0, 0.05) is 24.3 Å². The number of hydrogen-bond acceptors (Lipinski definition) is 7. The van der Waals surface area contributed by atoms with Crippen molar-refractivity contribution < 1.29 is 15.0 Å². The van der Waals surface area contributed by atoms with E-state index in [1.165, 1.54) is 0 Å². The van der Waals surface area contributed by atoms with Gasteiger partial charge < -0.3 is 20.4 Å². The molecule has 0 amide bonds. The van der Waals surface area contributed by atoms with Crippen LogP contribution in [-0.4, -0.2) is 44.8 Å². The lowest BCUT2D eigenvalue weighted by Crippen LogP contribution is -2.46. The molecule has 170 valence electrons. The van der Waals surface area contributed by atoms with Gasteiger partial charge in [0.2, 0.25) is 0 Å². The van der Waals surface area contributed by atoms with Crippen LogP contribution in [0.1, 0.15) is 59.9 Å². The number of carboxylic acid groups (broad SMARTS) is 1. The predicted octanol–water partition coefficient (Wildman–Crippen LogP) is 4.03. The lowest BCUT2D eigenvalue weighted by Gasteiger charge is -2.37. The first-order valence-corrected chi connectivity index (χ1v) is 11.0. The van der Waals surface area contributed by atoms with Crippen molar-refractivity contribution in [2.24, 2.45) is 0 Å². The average molecular weight is 446 g/mol. The molecule has 0 saturated carbocycles. The van der Waals surface area contributed by atoms with Crippen molar-refractivity contribution >= 4 is 28.5 Å². The van der Waals surface area contributed by atoms with Gasteiger partial charge in [-0.2, -0.15) is 5.26 Å². The molecule has 2 aromatic carbocycles. The van der Waals surface area contributed by atoms with Crippen LogP contribution in [0.3, 0.4) is 0 Å². The summed E-state index contributed by atoms with van der Waals surface area (Å²) < 4.78 is 0. The van der Waals surface area contributed by atoms with Crippen LogP contribution in [0, 0.1) is 18.3 Å². The second kappa shape index (κ2) is 8.68. The molecule has 1 unspecified atom stereocenters. The topological polar surface area (TPSA) is 122 Å². The summed E-state index contributed by atoms with van der Waals surface area (Å²) in [6.45, 7) is 6.75. The third-order valence-electron chi connectivity index (χ3n) is 6.00. The highest BCUT2D eigenvalue weighted by molar-refractivity contribution is 5.94. The molecule has 0 radical (unpaired) electrons. The van der Waals surface area contributed by atoms with E-state index >= 15 is 0 Å². The average Bonchev–Trinajstić information content (AvgIpc) is 2.77. The molecule has 0 aliphatic carbocycles. The summed E-state index contributed by atoms with van der Waals surface area (Å²) in [7, 11) is 0. The summed E-state index contributed by atoms with van der Waals surface area (Å²) in [4.78, 5) is 23.0. The molecule has 8 nitrogen and oxygen atoms in total. The lowest BCUT2D eigenvalue weighted by atomic mass is 9.95. The van der Waals surface area contributed by atoms with Crippen LogP contribution in [-0.2, 0) is 0 Å². The van der Waals surface area contributed by atoms with Gasteiger partial charge in [0.15, 0.2) is 11.5 Å². The monoisotopic (exact) mass is 445 g/mol. The zero-order valence-corrected chi connectivity index (χ0v) is 19.0. The van der Waals surface area contributed by atoms with E-state index in [0.29, 0.717) is 42.0 Å². The molecule has 4 rings (SSSR count). The number of rotatable bonds is 5. The molecule has 2 heterocycles. The van der Waals surface area contributed by atoms with E-state index in [0.717, 1.165) is 17.5 Å². The number of β-amino-alcohol motifs (C(OH)–C–C–N with tert-alkyl or cyclic N) is 1. The van der Waals surface area contributed by atoms with Crippen LogP contribution in [0.4, 0.5) is 11.5 Å². The number of nitrogens with zero attached hydrogens (tertiary/aromatic N) is 4. The second-order valence-corrected chi connectivity index (χ2v) is 8.97. The molecule has 0 spiro atoms. The van der Waals surface area contributed by atoms with Gasteiger partial charge in [-0.1, -0.05) is 18.2 Å². The first kappa shape index (κ1) is 22.5. The number of hydrogen-bond donors (Lipinski definition) is 3. The quantitative estimate of drug-likeness (QED) is 0.538. The minimum Gasteiger partial charge on any atom is -0.478 e. The molecule has 3 aromatic rings. The minimum absolute atomic E-state index is 0.190. The number of anilines is 2. The van der Waals surface area contributed by atoms with E-state index in [1.54, 1.807) is 31.2 Å². The fourth-order valence-electron chi connectivity index (χ4n) is 4.46. The van der Waals surface area contributed by atoms with Crippen LogP contribution in [0.25, 0.3) is 11.0 Å². The molecular formula is C25H27N5O3. The Morgan fingerprint density at radius 1 is 1.30 bits per heavy atom. The number of fused-ring (bicyclic) bond motifs is 1. The summed E-state index contributed by atoms with van der Waals surface area (Å²) in [6.07, 6.45) is 1.49. The van der Waals surface area contributed by atoms with Crippen molar-refractivity contribution in [1.29, 1.82) is 5.26 Å². The number of carboxylic acids is 1. The van der Waals surface area contributed by atoms with Crippen molar-refractivity contribution in [3.05, 3.63) is 58.8 Å². The van der Waals surface area contributed by atoms with E-state index in [-0.39, 0.29) is 17.3 Å². The highest BCUT2D eigenvalue weighted by Gasteiger charge is 2.31. The summed E-state index contributed by atoms with van der Waals surface area (Å²) in [5.41, 5.74) is 3.15. The number of aryl methyl sites for hydroxylation is 1. The Morgan fingerprint density at radius 2 is 2.06 bits per heavy atom. The Morgan fingerprint density at radius 3 is 2.76 bits per heavy atom. The lowest BCUT2D eigenvalue weighted by molar-refractivity contribution is 0.0446. The third kappa shape index (κ3) is 4.59. The predicted molar refractivity (Wildman–Crippen MR) is 126 cm³/mol. The van der Waals surface area contributed by atoms with Crippen LogP contribution >= 0.6 is 0 Å². The highest BCUT2D eigenvalue weighted by Crippen LogP contribution is 2.32. The first-order chi connectivity index (χ1) is 15.7. The SMILES string of the molecule is Cc1cc([C@@H](C)Nc2ccccc2C(=O)O)c2nc(N3CCCC(C)(O)C3)c(C#N)nc2c1. The molecule has 1 aliphatic rings. The number of aliphatic hydroxyl groups is 1. The highest BCUT2D eigenvalue weighted by atomic mass is 16.4. The molecule has 1 aliphatic heterocycles. The molecule has 33 heavy (non-hydrogen) atoms. The molecule has 1 aromatic heterocycles. The van der Waals surface area contributed by atoms with Crippen LogP contribution in [0.5, 0.6) is 0 Å². The van der Waals surface area contributed by atoms with Gasteiger partial charge in [-0.25, -0.2) is 14.8 Å². The summed E-state index contributed by atoms with van der Waals surface area (Å²) in [5, 5.41) is 33.1. The smallest absolute Gasteiger partial charge is 0.337 e. The molecule has 0 bridgehead atoms. The maximum absolute atomic E-state index is 11.6. The Balaban J connectivity index is 1.80. The maximum atomic E-state index is 11.6. The molecule has 1 saturated heterocycles. The molecular weight excluding hydrogens is 418 g/mol. The van der Waals surface area contributed by atoms with Crippen molar-refractivity contribution in [1.82, 2.24) is 9.97 Å². The number of piperidine rings is 1. The van der Waals surface area contributed by atoms with Gasteiger partial charge in [0.25, 0.3) is 0 Å². The number of carbonyl (C=O) groups is 1. The van der Waals surface area contributed by atoms with Crippen LogP contribution in [0.15, 0.2) is 36.4 Å². The van der Waals surface area contributed by atoms with Gasteiger partial charge in [-0.3, -0.25) is 0 Å². The van der Waals surface area contributed by atoms with Gasteiger partial charge in [-0.05, 0) is 57.4 Å². The van der Waals surface area contributed by atoms with Gasteiger partial charge in [0.05, 0.1) is 28.2 Å². The Bertz CT molecular complexity index is 1260.